The fourth-order valence-corrected chi connectivity index (χ4v) is 2.20. The second-order valence-electron chi connectivity index (χ2n) is 5.47. The van der Waals surface area contributed by atoms with Crippen LogP contribution < -0.4 is 10.5 Å². The Morgan fingerprint density at radius 2 is 1.86 bits per heavy atom. The van der Waals surface area contributed by atoms with Crippen LogP contribution in [0, 0.1) is 19.7 Å². The van der Waals surface area contributed by atoms with Crippen LogP contribution in [0.2, 0.25) is 0 Å². The highest BCUT2D eigenvalue weighted by Crippen LogP contribution is 2.27. The molecule has 0 aliphatic rings. The first-order chi connectivity index (χ1) is 9.99. The van der Waals surface area contributed by atoms with Crippen molar-refractivity contribution in [2.45, 2.75) is 39.7 Å². The fourth-order valence-electron chi connectivity index (χ4n) is 2.20. The molecule has 0 aliphatic heterocycles. The SMILES string of the molecule is CCC(N)Cc1ccc(Oc2cc(F)ccc2C)cc1C. The Kier molecular flexibility index (Phi) is 4.97. The highest BCUT2D eigenvalue weighted by atomic mass is 19.1. The van der Waals surface area contributed by atoms with Crippen LogP contribution in [0.5, 0.6) is 11.5 Å². The smallest absolute Gasteiger partial charge is 0.133 e. The number of rotatable bonds is 5. The van der Waals surface area contributed by atoms with Gasteiger partial charge in [0.15, 0.2) is 0 Å². The van der Waals surface area contributed by atoms with Crippen molar-refractivity contribution >= 4 is 0 Å². The maximum absolute atomic E-state index is 13.3. The summed E-state index contributed by atoms with van der Waals surface area (Å²) < 4.78 is 19.1. The molecule has 0 saturated heterocycles. The summed E-state index contributed by atoms with van der Waals surface area (Å²) in [6.07, 6.45) is 1.82. The number of hydrogen-bond acceptors (Lipinski definition) is 2. The third-order valence-corrected chi connectivity index (χ3v) is 3.70. The lowest BCUT2D eigenvalue weighted by Crippen LogP contribution is -2.21. The predicted molar refractivity (Wildman–Crippen MR) is 84.4 cm³/mol. The maximum atomic E-state index is 13.3. The van der Waals surface area contributed by atoms with Crippen molar-refractivity contribution in [1.82, 2.24) is 0 Å². The van der Waals surface area contributed by atoms with Gasteiger partial charge in [-0.2, -0.15) is 0 Å². The minimum Gasteiger partial charge on any atom is -0.457 e. The van der Waals surface area contributed by atoms with Gasteiger partial charge in [0.05, 0.1) is 0 Å². The summed E-state index contributed by atoms with van der Waals surface area (Å²) in [6.45, 7) is 6.03. The van der Waals surface area contributed by atoms with Gasteiger partial charge in [-0.05, 0) is 61.6 Å². The van der Waals surface area contributed by atoms with Crippen LogP contribution in [0.25, 0.3) is 0 Å². The molecule has 0 heterocycles. The van der Waals surface area contributed by atoms with Gasteiger partial charge >= 0.3 is 0 Å². The van der Waals surface area contributed by atoms with E-state index in [0.717, 1.165) is 29.7 Å². The molecule has 0 aliphatic carbocycles. The van der Waals surface area contributed by atoms with E-state index in [2.05, 4.69) is 6.92 Å². The van der Waals surface area contributed by atoms with Crippen molar-refractivity contribution in [2.75, 3.05) is 0 Å². The molecule has 2 N–H and O–H groups in total. The Morgan fingerprint density at radius 1 is 1.10 bits per heavy atom. The Bertz CT molecular complexity index is 625. The molecule has 0 bridgehead atoms. The molecule has 0 fully saturated rings. The first-order valence-electron chi connectivity index (χ1n) is 7.28. The average Bonchev–Trinajstić information content (AvgIpc) is 2.45. The van der Waals surface area contributed by atoms with E-state index in [0.29, 0.717) is 5.75 Å². The van der Waals surface area contributed by atoms with Crippen molar-refractivity contribution in [3.05, 3.63) is 58.9 Å². The number of hydrogen-bond donors (Lipinski definition) is 1. The molecular formula is C18H22FNO. The van der Waals surface area contributed by atoms with Crippen molar-refractivity contribution in [3.8, 4) is 11.5 Å². The van der Waals surface area contributed by atoms with Crippen LogP contribution in [0.15, 0.2) is 36.4 Å². The van der Waals surface area contributed by atoms with Gasteiger partial charge in [0.25, 0.3) is 0 Å². The minimum atomic E-state index is -0.294. The Hall–Kier alpha value is -1.87. The van der Waals surface area contributed by atoms with E-state index in [1.54, 1.807) is 6.07 Å². The van der Waals surface area contributed by atoms with Crippen LogP contribution in [-0.2, 0) is 6.42 Å². The van der Waals surface area contributed by atoms with Gasteiger partial charge in [0.1, 0.15) is 17.3 Å². The number of ether oxygens (including phenoxy) is 1. The van der Waals surface area contributed by atoms with E-state index in [9.17, 15) is 4.39 Å². The second kappa shape index (κ2) is 6.72. The molecule has 2 nitrogen and oxygen atoms in total. The van der Waals surface area contributed by atoms with E-state index in [-0.39, 0.29) is 11.9 Å². The van der Waals surface area contributed by atoms with Crippen LogP contribution in [0.1, 0.15) is 30.0 Å². The Labute approximate surface area is 125 Å². The van der Waals surface area contributed by atoms with Crippen molar-refractivity contribution in [2.24, 2.45) is 5.73 Å². The molecule has 1 atom stereocenters. The normalized spacial score (nSPS) is 12.2. The summed E-state index contributed by atoms with van der Waals surface area (Å²) in [4.78, 5) is 0. The first kappa shape index (κ1) is 15.5. The molecule has 2 aromatic rings. The quantitative estimate of drug-likeness (QED) is 0.877. The third kappa shape index (κ3) is 4.05. The lowest BCUT2D eigenvalue weighted by atomic mass is 10.00. The lowest BCUT2D eigenvalue weighted by Gasteiger charge is -2.14. The summed E-state index contributed by atoms with van der Waals surface area (Å²) in [5.74, 6) is 0.972. The summed E-state index contributed by atoms with van der Waals surface area (Å²) in [5, 5.41) is 0. The maximum Gasteiger partial charge on any atom is 0.133 e. The number of benzene rings is 2. The number of nitrogens with two attached hydrogens (primary N) is 1. The monoisotopic (exact) mass is 287 g/mol. The zero-order valence-electron chi connectivity index (χ0n) is 12.8. The van der Waals surface area contributed by atoms with E-state index in [4.69, 9.17) is 10.5 Å². The second-order valence-corrected chi connectivity index (χ2v) is 5.47. The summed E-state index contributed by atoms with van der Waals surface area (Å²) in [7, 11) is 0. The first-order valence-corrected chi connectivity index (χ1v) is 7.28. The number of aryl methyl sites for hydroxylation is 2. The van der Waals surface area contributed by atoms with E-state index >= 15 is 0 Å². The van der Waals surface area contributed by atoms with Crippen LogP contribution >= 0.6 is 0 Å². The Morgan fingerprint density at radius 3 is 2.52 bits per heavy atom. The van der Waals surface area contributed by atoms with E-state index in [1.165, 1.54) is 17.7 Å². The fraction of sp³-hybridized carbons (Fsp3) is 0.333. The zero-order chi connectivity index (χ0) is 15.4. The van der Waals surface area contributed by atoms with Crippen molar-refractivity contribution < 1.29 is 9.13 Å². The molecule has 1 unspecified atom stereocenters. The van der Waals surface area contributed by atoms with Gasteiger partial charge in [0.2, 0.25) is 0 Å². The van der Waals surface area contributed by atoms with Crippen LogP contribution in [0.3, 0.4) is 0 Å². The Balaban J connectivity index is 2.18. The highest BCUT2D eigenvalue weighted by Gasteiger charge is 2.08. The van der Waals surface area contributed by atoms with Crippen LogP contribution in [-0.4, -0.2) is 6.04 Å². The molecule has 0 radical (unpaired) electrons. The van der Waals surface area contributed by atoms with E-state index < -0.39 is 0 Å². The van der Waals surface area contributed by atoms with Crippen molar-refractivity contribution in [3.63, 3.8) is 0 Å². The largest absolute Gasteiger partial charge is 0.457 e. The van der Waals surface area contributed by atoms with Gasteiger partial charge in [-0.3, -0.25) is 0 Å². The van der Waals surface area contributed by atoms with Gasteiger partial charge < -0.3 is 10.5 Å². The van der Waals surface area contributed by atoms with Crippen molar-refractivity contribution in [1.29, 1.82) is 0 Å². The summed E-state index contributed by atoms with van der Waals surface area (Å²) >= 11 is 0. The molecule has 0 saturated carbocycles. The van der Waals surface area contributed by atoms with Crippen LogP contribution in [0.4, 0.5) is 4.39 Å². The molecule has 3 heteroatoms. The van der Waals surface area contributed by atoms with Gasteiger partial charge in [-0.15, -0.1) is 0 Å². The molecule has 2 rings (SSSR count). The topological polar surface area (TPSA) is 35.2 Å². The third-order valence-electron chi connectivity index (χ3n) is 3.70. The summed E-state index contributed by atoms with van der Waals surface area (Å²) in [5.41, 5.74) is 9.28. The average molecular weight is 287 g/mol. The van der Waals surface area contributed by atoms with Gasteiger partial charge in [0, 0.05) is 12.1 Å². The molecule has 0 spiro atoms. The molecular weight excluding hydrogens is 265 g/mol. The highest BCUT2D eigenvalue weighted by molar-refractivity contribution is 5.41. The molecule has 0 aromatic heterocycles. The molecule has 2 aromatic carbocycles. The zero-order valence-corrected chi connectivity index (χ0v) is 12.8. The van der Waals surface area contributed by atoms with Gasteiger partial charge in [-0.1, -0.05) is 19.1 Å². The number of halogens is 1. The predicted octanol–water partition coefficient (Wildman–Crippen LogP) is 4.51. The summed E-state index contributed by atoms with van der Waals surface area (Å²) in [6, 6.07) is 10.7. The van der Waals surface area contributed by atoms with Gasteiger partial charge in [-0.25, -0.2) is 4.39 Å². The molecule has 21 heavy (non-hydrogen) atoms. The minimum absolute atomic E-state index is 0.181. The molecule has 0 amide bonds. The standard InChI is InChI=1S/C18H22FNO/c1-4-16(20)10-14-6-8-17(9-13(14)3)21-18-11-15(19)7-5-12(18)2/h5-9,11,16H,4,10,20H2,1-3H3. The lowest BCUT2D eigenvalue weighted by molar-refractivity contribution is 0.472. The molecule has 112 valence electrons. The van der Waals surface area contributed by atoms with E-state index in [1.807, 2.05) is 32.0 Å².